The SMILES string of the molecule is CN(C)c1ccc(/C=N\Nc2nc(N3CCCC3)nc(N3CCOCC3)n2)cc1Br. The Bertz CT molecular complexity index is 894. The van der Waals surface area contributed by atoms with Crippen molar-refractivity contribution in [2.75, 3.05) is 73.6 Å². The van der Waals surface area contributed by atoms with Crippen LogP contribution in [0.3, 0.4) is 0 Å². The van der Waals surface area contributed by atoms with Crippen molar-refractivity contribution in [3.8, 4) is 0 Å². The molecule has 0 radical (unpaired) electrons. The average Bonchev–Trinajstić information content (AvgIpc) is 3.29. The van der Waals surface area contributed by atoms with Gasteiger partial charge in [0, 0.05) is 44.7 Å². The van der Waals surface area contributed by atoms with Crippen LogP contribution in [0, 0.1) is 0 Å². The van der Waals surface area contributed by atoms with Gasteiger partial charge < -0.3 is 19.4 Å². The summed E-state index contributed by atoms with van der Waals surface area (Å²) in [7, 11) is 4.03. The number of hydrazone groups is 1. The number of anilines is 4. The lowest BCUT2D eigenvalue weighted by Gasteiger charge is -2.27. The van der Waals surface area contributed by atoms with E-state index >= 15 is 0 Å². The Labute approximate surface area is 185 Å². The quantitative estimate of drug-likeness (QED) is 0.505. The van der Waals surface area contributed by atoms with Gasteiger partial charge in [0.1, 0.15) is 0 Å². The van der Waals surface area contributed by atoms with E-state index < -0.39 is 0 Å². The van der Waals surface area contributed by atoms with Crippen molar-refractivity contribution in [2.24, 2.45) is 5.10 Å². The zero-order valence-electron chi connectivity index (χ0n) is 17.4. The number of hydrogen-bond donors (Lipinski definition) is 1. The second-order valence-corrected chi connectivity index (χ2v) is 8.38. The molecule has 0 unspecified atom stereocenters. The minimum atomic E-state index is 0.452. The minimum Gasteiger partial charge on any atom is -0.378 e. The fourth-order valence-corrected chi connectivity index (χ4v) is 4.25. The second kappa shape index (κ2) is 9.57. The van der Waals surface area contributed by atoms with Crippen molar-refractivity contribution in [3.63, 3.8) is 0 Å². The fraction of sp³-hybridized carbons (Fsp3) is 0.500. The van der Waals surface area contributed by atoms with E-state index in [1.54, 1.807) is 6.21 Å². The van der Waals surface area contributed by atoms with E-state index in [0.717, 1.165) is 54.7 Å². The van der Waals surface area contributed by atoms with E-state index in [1.807, 2.05) is 26.2 Å². The van der Waals surface area contributed by atoms with Gasteiger partial charge in [-0.3, -0.25) is 0 Å². The van der Waals surface area contributed by atoms with Gasteiger partial charge >= 0.3 is 0 Å². The van der Waals surface area contributed by atoms with Gasteiger partial charge in [0.15, 0.2) is 0 Å². The van der Waals surface area contributed by atoms with Crippen LogP contribution in [-0.2, 0) is 4.74 Å². The molecular formula is C20H27BrN8O. The third kappa shape index (κ3) is 4.99. The maximum atomic E-state index is 5.46. The van der Waals surface area contributed by atoms with Crippen molar-refractivity contribution in [3.05, 3.63) is 28.2 Å². The Kier molecular flexibility index (Phi) is 6.63. The van der Waals surface area contributed by atoms with Crippen molar-refractivity contribution in [2.45, 2.75) is 12.8 Å². The topological polar surface area (TPSA) is 82.0 Å². The molecule has 1 aromatic heterocycles. The first-order chi connectivity index (χ1) is 14.6. The maximum absolute atomic E-state index is 5.46. The zero-order chi connectivity index (χ0) is 20.9. The molecule has 0 atom stereocenters. The third-order valence-corrected chi connectivity index (χ3v) is 5.76. The van der Waals surface area contributed by atoms with Gasteiger partial charge in [0.25, 0.3) is 0 Å². The van der Waals surface area contributed by atoms with E-state index in [2.05, 4.69) is 57.2 Å². The first kappa shape index (κ1) is 20.8. The lowest BCUT2D eigenvalue weighted by atomic mass is 10.2. The van der Waals surface area contributed by atoms with Crippen LogP contribution < -0.4 is 20.1 Å². The number of aromatic nitrogens is 3. The highest BCUT2D eigenvalue weighted by molar-refractivity contribution is 9.10. The molecule has 2 aromatic rings. The monoisotopic (exact) mass is 474 g/mol. The summed E-state index contributed by atoms with van der Waals surface area (Å²) in [5.41, 5.74) is 5.08. The zero-order valence-corrected chi connectivity index (χ0v) is 19.0. The van der Waals surface area contributed by atoms with Gasteiger partial charge in [-0.1, -0.05) is 6.07 Å². The van der Waals surface area contributed by atoms with Gasteiger partial charge in [0.05, 0.1) is 25.1 Å². The first-order valence-electron chi connectivity index (χ1n) is 10.2. The van der Waals surface area contributed by atoms with Crippen LogP contribution in [0.25, 0.3) is 0 Å². The molecule has 1 N–H and O–H groups in total. The summed E-state index contributed by atoms with van der Waals surface area (Å²) < 4.78 is 6.48. The van der Waals surface area contributed by atoms with E-state index in [4.69, 9.17) is 9.72 Å². The van der Waals surface area contributed by atoms with E-state index in [0.29, 0.717) is 31.1 Å². The highest BCUT2D eigenvalue weighted by Gasteiger charge is 2.21. The average molecular weight is 475 g/mol. The summed E-state index contributed by atoms with van der Waals surface area (Å²) in [6, 6.07) is 6.10. The molecule has 10 heteroatoms. The minimum absolute atomic E-state index is 0.452. The van der Waals surface area contributed by atoms with Gasteiger partial charge in [-0.2, -0.15) is 20.1 Å². The van der Waals surface area contributed by atoms with E-state index in [9.17, 15) is 0 Å². The molecule has 0 aliphatic carbocycles. The Morgan fingerprint density at radius 1 is 1.03 bits per heavy atom. The normalized spacial score (nSPS) is 17.0. The standard InChI is InChI=1S/C20H27BrN8O/c1-27(2)17-6-5-15(13-16(17)21)14-22-26-18-23-19(28-7-3-4-8-28)25-20(24-18)29-9-11-30-12-10-29/h5-6,13-14H,3-4,7-12H2,1-2H3,(H,23,24,25,26)/b22-14-. The molecular weight excluding hydrogens is 448 g/mol. The van der Waals surface area contributed by atoms with Crippen LogP contribution in [0.15, 0.2) is 27.8 Å². The second-order valence-electron chi connectivity index (χ2n) is 7.53. The third-order valence-electron chi connectivity index (χ3n) is 5.13. The summed E-state index contributed by atoms with van der Waals surface area (Å²) in [6.45, 7) is 4.87. The predicted molar refractivity (Wildman–Crippen MR) is 124 cm³/mol. The number of nitrogens with one attached hydrogen (secondary N) is 1. The van der Waals surface area contributed by atoms with Gasteiger partial charge in [-0.05, 0) is 46.5 Å². The van der Waals surface area contributed by atoms with Crippen molar-refractivity contribution in [1.82, 2.24) is 15.0 Å². The highest BCUT2D eigenvalue weighted by atomic mass is 79.9. The lowest BCUT2D eigenvalue weighted by molar-refractivity contribution is 0.122. The van der Waals surface area contributed by atoms with Crippen LogP contribution in [0.5, 0.6) is 0 Å². The Hall–Kier alpha value is -2.46. The number of hydrogen-bond acceptors (Lipinski definition) is 9. The highest BCUT2D eigenvalue weighted by Crippen LogP contribution is 2.25. The lowest BCUT2D eigenvalue weighted by Crippen LogP contribution is -2.38. The van der Waals surface area contributed by atoms with E-state index in [-0.39, 0.29) is 0 Å². The molecule has 3 heterocycles. The molecule has 1 aromatic carbocycles. The summed E-state index contributed by atoms with van der Waals surface area (Å²) in [5, 5.41) is 4.36. The number of nitrogens with zero attached hydrogens (tertiary/aromatic N) is 7. The maximum Gasteiger partial charge on any atom is 0.250 e. The van der Waals surface area contributed by atoms with Crippen LogP contribution in [0.4, 0.5) is 23.5 Å². The molecule has 2 fully saturated rings. The number of morpholine rings is 1. The molecule has 0 amide bonds. The molecule has 4 rings (SSSR count). The van der Waals surface area contributed by atoms with E-state index in [1.165, 1.54) is 0 Å². The number of rotatable bonds is 6. The molecule has 2 aliphatic heterocycles. The molecule has 0 spiro atoms. The van der Waals surface area contributed by atoms with Crippen molar-refractivity contribution in [1.29, 1.82) is 0 Å². The molecule has 160 valence electrons. The molecule has 9 nitrogen and oxygen atoms in total. The molecule has 30 heavy (non-hydrogen) atoms. The summed E-state index contributed by atoms with van der Waals surface area (Å²) in [6.07, 6.45) is 4.09. The largest absolute Gasteiger partial charge is 0.378 e. The molecule has 0 bridgehead atoms. The van der Waals surface area contributed by atoms with Gasteiger partial charge in [0.2, 0.25) is 17.8 Å². The number of benzene rings is 1. The molecule has 2 saturated heterocycles. The van der Waals surface area contributed by atoms with Crippen LogP contribution >= 0.6 is 15.9 Å². The summed E-state index contributed by atoms with van der Waals surface area (Å²) in [5.74, 6) is 1.83. The fourth-order valence-electron chi connectivity index (χ4n) is 3.50. The summed E-state index contributed by atoms with van der Waals surface area (Å²) >= 11 is 3.61. The molecule has 2 aliphatic rings. The number of halogens is 1. The molecule has 0 saturated carbocycles. The van der Waals surface area contributed by atoms with Gasteiger partial charge in [-0.15, -0.1) is 0 Å². The van der Waals surface area contributed by atoms with Crippen LogP contribution in [0.1, 0.15) is 18.4 Å². The van der Waals surface area contributed by atoms with Crippen LogP contribution in [-0.4, -0.2) is 74.7 Å². The number of ether oxygens (including phenoxy) is 1. The van der Waals surface area contributed by atoms with Crippen molar-refractivity contribution >= 4 is 45.7 Å². The first-order valence-corrected chi connectivity index (χ1v) is 11.0. The summed E-state index contributed by atoms with van der Waals surface area (Å²) in [4.78, 5) is 20.3. The smallest absolute Gasteiger partial charge is 0.250 e. The Morgan fingerprint density at radius 3 is 2.33 bits per heavy atom. The Balaban J connectivity index is 1.52. The predicted octanol–water partition coefficient (Wildman–Crippen LogP) is 2.58. The van der Waals surface area contributed by atoms with Crippen molar-refractivity contribution < 1.29 is 4.74 Å². The Morgan fingerprint density at radius 2 is 1.70 bits per heavy atom. The van der Waals surface area contributed by atoms with Gasteiger partial charge in [-0.25, -0.2) is 5.43 Å². The van der Waals surface area contributed by atoms with Crippen LogP contribution in [0.2, 0.25) is 0 Å².